The Morgan fingerprint density at radius 2 is 1.21 bits per heavy atom. The lowest BCUT2D eigenvalue weighted by atomic mass is 10.1. The molecule has 0 radical (unpaired) electrons. The number of rotatable bonds is 15. The van der Waals surface area contributed by atoms with E-state index in [-0.39, 0.29) is 5.78 Å². The zero-order chi connectivity index (χ0) is 17.5. The molecule has 136 valence electrons. The van der Waals surface area contributed by atoms with Crippen molar-refractivity contribution in [1.82, 2.24) is 0 Å². The van der Waals surface area contributed by atoms with Crippen LogP contribution in [0.2, 0.25) is 0 Å². The summed E-state index contributed by atoms with van der Waals surface area (Å²) in [6.07, 6.45) is 16.6. The molecule has 2 nitrogen and oxygen atoms in total. The average Bonchev–Trinajstić information content (AvgIpc) is 2.59. The van der Waals surface area contributed by atoms with Gasteiger partial charge in [-0.1, -0.05) is 77.6 Å². The van der Waals surface area contributed by atoms with Crippen LogP contribution in [0.1, 0.15) is 101 Å². The van der Waals surface area contributed by atoms with Gasteiger partial charge in [0.15, 0.2) is 5.78 Å². The summed E-state index contributed by atoms with van der Waals surface area (Å²) in [5.74, 6) is 0.127. The molecule has 0 atom stereocenters. The maximum Gasteiger partial charge on any atom is 0.159 e. The van der Waals surface area contributed by atoms with Gasteiger partial charge in [0.2, 0.25) is 0 Å². The van der Waals surface area contributed by atoms with Crippen LogP contribution in [0.15, 0.2) is 24.3 Å². The number of carbonyl (C=O) groups excluding carboxylic acids is 1. The summed E-state index contributed by atoms with van der Waals surface area (Å²) in [5.41, 5.74) is 1.90. The largest absolute Gasteiger partial charge is 0.385 e. The minimum Gasteiger partial charge on any atom is -0.385 e. The Bertz CT molecular complexity index is 424. The Balaban J connectivity index is 1.87. The second kappa shape index (κ2) is 14.1. The second-order valence-corrected chi connectivity index (χ2v) is 6.95. The summed E-state index contributed by atoms with van der Waals surface area (Å²) in [6, 6.07) is 7.79. The fourth-order valence-corrected chi connectivity index (χ4v) is 3.02. The van der Waals surface area contributed by atoms with E-state index in [9.17, 15) is 4.79 Å². The molecule has 0 saturated heterocycles. The van der Waals surface area contributed by atoms with Crippen molar-refractivity contribution in [3.05, 3.63) is 29.8 Å². The van der Waals surface area contributed by atoms with Crippen molar-refractivity contribution in [3.63, 3.8) is 0 Å². The predicted octanol–water partition coefficient (Wildman–Crippen LogP) is 7.00. The second-order valence-electron chi connectivity index (χ2n) is 6.95. The first-order valence-electron chi connectivity index (χ1n) is 10.1. The molecule has 0 aliphatic rings. The van der Waals surface area contributed by atoms with Gasteiger partial charge in [-0.15, -0.1) is 0 Å². The molecule has 0 aliphatic carbocycles. The Morgan fingerprint density at radius 1 is 0.750 bits per heavy atom. The van der Waals surface area contributed by atoms with Crippen molar-refractivity contribution in [3.8, 4) is 0 Å². The topological polar surface area (TPSA) is 29.1 Å². The SMILES string of the molecule is CCCCCCCCCCCCCCNc1ccc(C(C)=O)cc1. The van der Waals surface area contributed by atoms with Crippen LogP contribution in [-0.4, -0.2) is 12.3 Å². The summed E-state index contributed by atoms with van der Waals surface area (Å²) < 4.78 is 0. The van der Waals surface area contributed by atoms with E-state index in [1.54, 1.807) is 6.92 Å². The molecule has 1 aromatic carbocycles. The molecule has 2 heteroatoms. The van der Waals surface area contributed by atoms with Gasteiger partial charge >= 0.3 is 0 Å². The smallest absolute Gasteiger partial charge is 0.159 e. The lowest BCUT2D eigenvalue weighted by molar-refractivity contribution is 0.101. The number of benzene rings is 1. The average molecular weight is 332 g/mol. The highest BCUT2D eigenvalue weighted by molar-refractivity contribution is 5.94. The zero-order valence-electron chi connectivity index (χ0n) is 15.9. The molecule has 0 bridgehead atoms. The van der Waals surface area contributed by atoms with Crippen molar-refractivity contribution in [2.75, 3.05) is 11.9 Å². The van der Waals surface area contributed by atoms with Gasteiger partial charge in [-0.05, 0) is 37.6 Å². The molecule has 0 heterocycles. The summed E-state index contributed by atoms with van der Waals surface area (Å²) in [6.45, 7) is 4.91. The fraction of sp³-hybridized carbons (Fsp3) is 0.682. The molecule has 0 aromatic heterocycles. The first-order valence-corrected chi connectivity index (χ1v) is 10.1. The van der Waals surface area contributed by atoms with E-state index < -0.39 is 0 Å². The Hall–Kier alpha value is -1.31. The van der Waals surface area contributed by atoms with Crippen LogP contribution >= 0.6 is 0 Å². The van der Waals surface area contributed by atoms with Crippen molar-refractivity contribution in [2.24, 2.45) is 0 Å². The van der Waals surface area contributed by atoms with E-state index in [4.69, 9.17) is 0 Å². The highest BCUT2D eigenvalue weighted by Gasteiger charge is 1.98. The minimum atomic E-state index is 0.127. The van der Waals surface area contributed by atoms with Crippen molar-refractivity contribution < 1.29 is 4.79 Å². The third kappa shape index (κ3) is 10.5. The van der Waals surface area contributed by atoms with Crippen molar-refractivity contribution in [1.29, 1.82) is 0 Å². The lowest BCUT2D eigenvalue weighted by Crippen LogP contribution is -2.01. The van der Waals surface area contributed by atoms with E-state index in [1.165, 1.54) is 77.0 Å². The summed E-state index contributed by atoms with van der Waals surface area (Å²) in [4.78, 5) is 11.2. The van der Waals surface area contributed by atoms with Gasteiger partial charge in [0.1, 0.15) is 0 Å². The Labute approximate surface area is 149 Å². The van der Waals surface area contributed by atoms with Gasteiger partial charge in [-0.2, -0.15) is 0 Å². The Morgan fingerprint density at radius 3 is 1.67 bits per heavy atom. The van der Waals surface area contributed by atoms with Gasteiger partial charge in [0, 0.05) is 17.8 Å². The molecule has 1 aromatic rings. The van der Waals surface area contributed by atoms with Crippen LogP contribution < -0.4 is 5.32 Å². The standard InChI is InChI=1S/C22H37NO/c1-3-4-5-6-7-8-9-10-11-12-13-14-19-23-22-17-15-21(16-18-22)20(2)24/h15-18,23H,3-14,19H2,1-2H3. The molecule has 0 aliphatic heterocycles. The van der Waals surface area contributed by atoms with Gasteiger partial charge in [-0.25, -0.2) is 0 Å². The van der Waals surface area contributed by atoms with Crippen LogP contribution in [0.25, 0.3) is 0 Å². The molecule has 24 heavy (non-hydrogen) atoms. The number of anilines is 1. The normalized spacial score (nSPS) is 10.8. The number of hydrogen-bond donors (Lipinski definition) is 1. The molecular formula is C22H37NO. The van der Waals surface area contributed by atoms with Crippen LogP contribution in [0, 0.1) is 0 Å². The lowest BCUT2D eigenvalue weighted by Gasteiger charge is -2.07. The summed E-state index contributed by atoms with van der Waals surface area (Å²) >= 11 is 0. The van der Waals surface area contributed by atoms with Crippen LogP contribution in [0.3, 0.4) is 0 Å². The van der Waals surface area contributed by atoms with Gasteiger partial charge in [0.25, 0.3) is 0 Å². The number of Topliss-reactive ketones (excluding diaryl/α,β-unsaturated/α-hetero) is 1. The third-order valence-electron chi connectivity index (χ3n) is 4.65. The van der Waals surface area contributed by atoms with E-state index >= 15 is 0 Å². The summed E-state index contributed by atoms with van der Waals surface area (Å²) in [5, 5.41) is 3.44. The van der Waals surface area contributed by atoms with Gasteiger partial charge in [-0.3, -0.25) is 4.79 Å². The predicted molar refractivity (Wildman–Crippen MR) is 106 cm³/mol. The molecule has 0 unspecified atom stereocenters. The maximum absolute atomic E-state index is 11.2. The molecule has 0 spiro atoms. The fourth-order valence-electron chi connectivity index (χ4n) is 3.02. The van der Waals surface area contributed by atoms with E-state index in [1.807, 2.05) is 24.3 Å². The highest BCUT2D eigenvalue weighted by atomic mass is 16.1. The quantitative estimate of drug-likeness (QED) is 0.277. The number of carbonyl (C=O) groups is 1. The van der Waals surface area contributed by atoms with Gasteiger partial charge < -0.3 is 5.32 Å². The minimum absolute atomic E-state index is 0.127. The number of hydrogen-bond acceptors (Lipinski definition) is 2. The highest BCUT2D eigenvalue weighted by Crippen LogP contribution is 2.13. The van der Waals surface area contributed by atoms with Crippen molar-refractivity contribution >= 4 is 11.5 Å². The zero-order valence-corrected chi connectivity index (χ0v) is 15.9. The monoisotopic (exact) mass is 331 g/mol. The molecule has 1 N–H and O–H groups in total. The van der Waals surface area contributed by atoms with Crippen molar-refractivity contribution in [2.45, 2.75) is 90.9 Å². The van der Waals surface area contributed by atoms with Crippen LogP contribution in [0.4, 0.5) is 5.69 Å². The first-order chi connectivity index (χ1) is 11.7. The maximum atomic E-state index is 11.2. The number of unbranched alkanes of at least 4 members (excludes halogenated alkanes) is 11. The van der Waals surface area contributed by atoms with Crippen LogP contribution in [-0.2, 0) is 0 Å². The third-order valence-corrected chi connectivity index (χ3v) is 4.65. The molecular weight excluding hydrogens is 294 g/mol. The van der Waals surface area contributed by atoms with Crippen LogP contribution in [0.5, 0.6) is 0 Å². The molecule has 0 amide bonds. The molecule has 0 saturated carbocycles. The molecule has 1 rings (SSSR count). The Kier molecular flexibility index (Phi) is 12.2. The number of nitrogens with one attached hydrogen (secondary N) is 1. The van der Waals surface area contributed by atoms with E-state index in [2.05, 4.69) is 12.2 Å². The van der Waals surface area contributed by atoms with E-state index in [0.717, 1.165) is 17.8 Å². The van der Waals surface area contributed by atoms with E-state index in [0.29, 0.717) is 0 Å². The number of ketones is 1. The van der Waals surface area contributed by atoms with Gasteiger partial charge in [0.05, 0.1) is 0 Å². The first kappa shape index (κ1) is 20.7. The summed E-state index contributed by atoms with van der Waals surface area (Å²) in [7, 11) is 0. The molecule has 0 fully saturated rings.